The van der Waals surface area contributed by atoms with Crippen LogP contribution in [0.3, 0.4) is 0 Å². The number of benzene rings is 3. The molecule has 1 N–H and O–H groups in total. The fourth-order valence-electron chi connectivity index (χ4n) is 3.35. The largest absolute Gasteiger partial charge is 0.486 e. The molecule has 1 fully saturated rings. The van der Waals surface area contributed by atoms with Gasteiger partial charge in [0.05, 0.1) is 26.3 Å². The van der Waals surface area contributed by atoms with Crippen LogP contribution in [0.15, 0.2) is 75.2 Å². The molecule has 0 aliphatic carbocycles. The van der Waals surface area contributed by atoms with E-state index >= 15 is 0 Å². The fourth-order valence-corrected chi connectivity index (χ4v) is 4.81. The third-order valence-electron chi connectivity index (χ3n) is 5.03. The lowest BCUT2D eigenvalue weighted by Gasteiger charge is -2.26. The molecule has 0 atom stereocenters. The second-order valence-electron chi connectivity index (χ2n) is 7.31. The van der Waals surface area contributed by atoms with Crippen LogP contribution in [0, 0.1) is 17.1 Å². The average molecular weight is 599 g/mol. The van der Waals surface area contributed by atoms with Gasteiger partial charge < -0.3 is 4.74 Å². The lowest BCUT2D eigenvalue weighted by molar-refractivity contribution is -0.122. The van der Waals surface area contributed by atoms with Crippen LogP contribution in [0.2, 0.25) is 0 Å². The summed E-state index contributed by atoms with van der Waals surface area (Å²) in [6.07, 6.45) is 1.34. The van der Waals surface area contributed by atoms with Crippen molar-refractivity contribution in [3.8, 4) is 11.8 Å². The Morgan fingerprint density at radius 3 is 2.34 bits per heavy atom. The Morgan fingerprint density at radius 2 is 1.69 bits per heavy atom. The molecule has 7 nitrogen and oxygen atoms in total. The summed E-state index contributed by atoms with van der Waals surface area (Å²) in [4.78, 5) is 38.5. The molecule has 4 rings (SSSR count). The van der Waals surface area contributed by atoms with Gasteiger partial charge in [0.1, 0.15) is 23.7 Å². The molecule has 1 heterocycles. The molecule has 0 saturated carbocycles. The number of nitrogens with one attached hydrogen (secondary N) is 1. The van der Waals surface area contributed by atoms with Crippen molar-refractivity contribution in [3.05, 3.63) is 97.7 Å². The molecular weight excluding hydrogens is 585 g/mol. The summed E-state index contributed by atoms with van der Waals surface area (Å²) in [5, 5.41) is 11.4. The minimum absolute atomic E-state index is 0.121. The van der Waals surface area contributed by atoms with E-state index in [1.165, 1.54) is 18.2 Å². The average Bonchev–Trinajstić information content (AvgIpc) is 2.82. The molecule has 0 unspecified atom stereocenters. The van der Waals surface area contributed by atoms with E-state index in [1.54, 1.807) is 30.3 Å². The van der Waals surface area contributed by atoms with E-state index in [2.05, 4.69) is 43.2 Å². The van der Waals surface area contributed by atoms with E-state index < -0.39 is 23.7 Å². The van der Waals surface area contributed by atoms with E-state index in [9.17, 15) is 24.0 Å². The Balaban J connectivity index is 1.61. The third kappa shape index (κ3) is 5.16. The number of carbonyl (C=O) groups is 3. The predicted octanol–water partition coefficient (Wildman–Crippen LogP) is 5.47. The number of ether oxygens (including phenoxy) is 1. The van der Waals surface area contributed by atoms with Crippen molar-refractivity contribution < 1.29 is 23.5 Å². The highest BCUT2D eigenvalue weighted by Crippen LogP contribution is 2.36. The summed E-state index contributed by atoms with van der Waals surface area (Å²) in [7, 11) is 0. The second kappa shape index (κ2) is 10.2. The molecule has 0 radical (unpaired) electrons. The van der Waals surface area contributed by atoms with Gasteiger partial charge in [-0.2, -0.15) is 5.26 Å². The molecule has 1 aliphatic heterocycles. The van der Waals surface area contributed by atoms with Crippen LogP contribution >= 0.6 is 31.9 Å². The number of amides is 4. The lowest BCUT2D eigenvalue weighted by Crippen LogP contribution is -2.54. The van der Waals surface area contributed by atoms with Gasteiger partial charge in [-0.3, -0.25) is 14.9 Å². The maximum Gasteiger partial charge on any atom is 0.335 e. The first kappa shape index (κ1) is 24.3. The van der Waals surface area contributed by atoms with E-state index in [0.717, 1.165) is 22.6 Å². The monoisotopic (exact) mass is 597 g/mol. The summed E-state index contributed by atoms with van der Waals surface area (Å²) in [5.41, 5.74) is 1.54. The minimum atomic E-state index is -0.924. The van der Waals surface area contributed by atoms with Crippen LogP contribution < -0.4 is 15.0 Å². The van der Waals surface area contributed by atoms with Gasteiger partial charge >= 0.3 is 6.03 Å². The van der Waals surface area contributed by atoms with Crippen molar-refractivity contribution in [2.24, 2.45) is 0 Å². The van der Waals surface area contributed by atoms with Crippen molar-refractivity contribution in [1.82, 2.24) is 5.32 Å². The second-order valence-corrected chi connectivity index (χ2v) is 9.01. The predicted molar refractivity (Wildman–Crippen MR) is 133 cm³/mol. The number of rotatable bonds is 5. The molecule has 35 heavy (non-hydrogen) atoms. The van der Waals surface area contributed by atoms with Crippen molar-refractivity contribution in [2.75, 3.05) is 4.90 Å². The number of carbonyl (C=O) groups excluding carboxylic acids is 3. The quantitative estimate of drug-likeness (QED) is 0.310. The van der Waals surface area contributed by atoms with Gasteiger partial charge in [-0.15, -0.1) is 0 Å². The smallest absolute Gasteiger partial charge is 0.335 e. The molecule has 1 aliphatic rings. The topological polar surface area (TPSA) is 99.5 Å². The van der Waals surface area contributed by atoms with Crippen molar-refractivity contribution in [1.29, 1.82) is 5.26 Å². The summed E-state index contributed by atoms with van der Waals surface area (Å²) < 4.78 is 20.2. The number of imide groups is 2. The Morgan fingerprint density at radius 1 is 1.03 bits per heavy atom. The molecule has 3 aromatic rings. The SMILES string of the molecule is N#Cc1ccccc1COc1c(Br)cc(/C=C2\C(=O)NC(=O)N(c3ccc(F)cc3)C2=O)cc1Br. The lowest BCUT2D eigenvalue weighted by atomic mass is 10.1. The van der Waals surface area contributed by atoms with Gasteiger partial charge in [0, 0.05) is 5.56 Å². The standard InChI is InChI=1S/C25H14Br2FN3O4/c26-20-10-14(11-21(27)22(20)35-13-16-4-2-1-3-15(16)12-29)9-19-23(32)30-25(34)31(24(19)33)18-7-5-17(28)6-8-18/h1-11H,13H2,(H,30,32,34)/b19-9+. The van der Waals surface area contributed by atoms with Crippen LogP contribution in [0.4, 0.5) is 14.9 Å². The highest BCUT2D eigenvalue weighted by atomic mass is 79.9. The summed E-state index contributed by atoms with van der Waals surface area (Å²) in [6.45, 7) is 0.150. The van der Waals surface area contributed by atoms with E-state index in [4.69, 9.17) is 4.74 Å². The highest BCUT2D eigenvalue weighted by molar-refractivity contribution is 9.11. The molecule has 0 aromatic heterocycles. The van der Waals surface area contributed by atoms with Crippen molar-refractivity contribution >= 4 is 61.5 Å². The Kier molecular flexibility index (Phi) is 7.10. The molecule has 10 heteroatoms. The molecule has 0 spiro atoms. The fraction of sp³-hybridized carbons (Fsp3) is 0.0400. The number of nitriles is 1. The molecular formula is C25H14Br2FN3O4. The Labute approximate surface area is 216 Å². The zero-order chi connectivity index (χ0) is 25.1. The number of anilines is 1. The Hall–Kier alpha value is -3.81. The van der Waals surface area contributed by atoms with E-state index in [1.807, 2.05) is 6.07 Å². The van der Waals surface area contributed by atoms with Gasteiger partial charge in [-0.25, -0.2) is 14.1 Å². The molecule has 1 saturated heterocycles. The number of halogens is 3. The van der Waals surface area contributed by atoms with Gasteiger partial charge in [-0.1, -0.05) is 18.2 Å². The number of nitrogens with zero attached hydrogens (tertiary/aromatic N) is 2. The molecule has 174 valence electrons. The van der Waals surface area contributed by atoms with Crippen LogP contribution in [0.5, 0.6) is 5.75 Å². The van der Waals surface area contributed by atoms with Gasteiger partial charge in [0.2, 0.25) is 0 Å². The van der Waals surface area contributed by atoms with Crippen molar-refractivity contribution in [3.63, 3.8) is 0 Å². The zero-order valence-electron chi connectivity index (χ0n) is 17.7. The third-order valence-corrected chi connectivity index (χ3v) is 6.21. The number of hydrogen-bond donors (Lipinski definition) is 1. The van der Waals surface area contributed by atoms with Crippen molar-refractivity contribution in [2.45, 2.75) is 6.61 Å². The number of barbiturate groups is 1. The summed E-state index contributed by atoms with van der Waals surface area (Å²) >= 11 is 6.86. The maximum absolute atomic E-state index is 13.3. The van der Waals surface area contributed by atoms with Gasteiger partial charge in [0.25, 0.3) is 11.8 Å². The van der Waals surface area contributed by atoms with Gasteiger partial charge in [-0.05, 0) is 86.0 Å². The Bertz CT molecular complexity index is 1410. The van der Waals surface area contributed by atoms with E-state index in [-0.39, 0.29) is 17.9 Å². The van der Waals surface area contributed by atoms with Crippen LogP contribution in [0.25, 0.3) is 6.08 Å². The van der Waals surface area contributed by atoms with Crippen LogP contribution in [-0.4, -0.2) is 17.8 Å². The molecule has 4 amide bonds. The molecule has 3 aromatic carbocycles. The summed E-state index contributed by atoms with van der Waals surface area (Å²) in [6, 6.07) is 16.3. The molecule has 0 bridgehead atoms. The summed E-state index contributed by atoms with van der Waals surface area (Å²) in [5.74, 6) is -1.76. The van der Waals surface area contributed by atoms with Crippen LogP contribution in [0.1, 0.15) is 16.7 Å². The maximum atomic E-state index is 13.3. The first-order chi connectivity index (χ1) is 16.8. The first-order valence-electron chi connectivity index (χ1n) is 10.1. The first-order valence-corrected chi connectivity index (χ1v) is 11.6. The number of hydrogen-bond acceptors (Lipinski definition) is 5. The number of urea groups is 1. The van der Waals surface area contributed by atoms with Gasteiger partial charge in [0.15, 0.2) is 0 Å². The normalized spacial score (nSPS) is 14.6. The highest BCUT2D eigenvalue weighted by Gasteiger charge is 2.36. The van der Waals surface area contributed by atoms with Crippen LogP contribution in [-0.2, 0) is 16.2 Å². The zero-order valence-corrected chi connectivity index (χ0v) is 20.9. The van der Waals surface area contributed by atoms with E-state index in [0.29, 0.717) is 25.8 Å². The minimum Gasteiger partial charge on any atom is -0.486 e.